The number of benzene rings is 1. The molecular weight excluding hydrogens is 433 g/mol. The molecule has 0 bridgehead atoms. The van der Waals surface area contributed by atoms with Gasteiger partial charge in [0, 0.05) is 32.6 Å². The SMILES string of the molecule is CCCCCCC(=O)Nc1ccc(N2CCN(C(=O)c3ccccc3C(F)(F)F)CC2)cn1. The van der Waals surface area contributed by atoms with Gasteiger partial charge in [0.2, 0.25) is 5.91 Å². The summed E-state index contributed by atoms with van der Waals surface area (Å²) in [5, 5.41) is 2.79. The van der Waals surface area contributed by atoms with E-state index in [-0.39, 0.29) is 11.5 Å². The maximum absolute atomic E-state index is 13.3. The molecule has 1 aromatic carbocycles. The summed E-state index contributed by atoms with van der Waals surface area (Å²) >= 11 is 0. The van der Waals surface area contributed by atoms with Crippen molar-refractivity contribution in [3.8, 4) is 0 Å². The van der Waals surface area contributed by atoms with E-state index in [9.17, 15) is 22.8 Å². The van der Waals surface area contributed by atoms with Gasteiger partial charge in [-0.25, -0.2) is 4.98 Å². The van der Waals surface area contributed by atoms with Gasteiger partial charge in [0.05, 0.1) is 23.0 Å². The number of hydrogen-bond donors (Lipinski definition) is 1. The van der Waals surface area contributed by atoms with E-state index in [1.807, 2.05) is 11.0 Å². The van der Waals surface area contributed by atoms with Crippen molar-refractivity contribution in [2.24, 2.45) is 0 Å². The molecular formula is C24H29F3N4O2. The van der Waals surface area contributed by atoms with Gasteiger partial charge in [-0.05, 0) is 30.7 Å². The zero-order valence-electron chi connectivity index (χ0n) is 18.7. The van der Waals surface area contributed by atoms with Crippen LogP contribution in [-0.4, -0.2) is 47.9 Å². The first-order chi connectivity index (χ1) is 15.8. The molecule has 1 fully saturated rings. The van der Waals surface area contributed by atoms with E-state index in [0.29, 0.717) is 38.4 Å². The molecule has 9 heteroatoms. The molecule has 2 aromatic rings. The first kappa shape index (κ1) is 24.5. The largest absolute Gasteiger partial charge is 0.417 e. The number of pyridine rings is 1. The quantitative estimate of drug-likeness (QED) is 0.563. The number of nitrogens with zero attached hydrogens (tertiary/aromatic N) is 3. The van der Waals surface area contributed by atoms with E-state index >= 15 is 0 Å². The lowest BCUT2D eigenvalue weighted by atomic mass is 10.1. The molecule has 0 unspecified atom stereocenters. The van der Waals surface area contributed by atoms with E-state index in [1.165, 1.54) is 23.1 Å². The third-order valence-corrected chi connectivity index (χ3v) is 5.67. The van der Waals surface area contributed by atoms with E-state index in [1.54, 1.807) is 12.3 Å². The lowest BCUT2D eigenvalue weighted by molar-refractivity contribution is -0.138. The van der Waals surface area contributed by atoms with Gasteiger partial charge < -0.3 is 15.1 Å². The van der Waals surface area contributed by atoms with Crippen LogP contribution in [0.5, 0.6) is 0 Å². The molecule has 2 amide bonds. The van der Waals surface area contributed by atoms with Gasteiger partial charge in [-0.2, -0.15) is 13.2 Å². The highest BCUT2D eigenvalue weighted by atomic mass is 19.4. The summed E-state index contributed by atoms with van der Waals surface area (Å²) in [6.45, 7) is 3.69. The van der Waals surface area contributed by atoms with E-state index < -0.39 is 17.6 Å². The Kier molecular flexibility index (Phi) is 8.30. The van der Waals surface area contributed by atoms with Crippen LogP contribution in [0.4, 0.5) is 24.7 Å². The number of amides is 2. The number of anilines is 2. The van der Waals surface area contributed by atoms with Crippen LogP contribution in [-0.2, 0) is 11.0 Å². The standard InChI is InChI=1S/C24H29F3N4O2/c1-2-3-4-5-10-22(32)29-21-12-11-18(17-28-21)30-13-15-31(16-14-30)23(33)19-8-6-7-9-20(19)24(25,26)27/h6-9,11-12,17H,2-5,10,13-16H2,1H3,(H,28,29,32). The average molecular weight is 463 g/mol. The monoisotopic (exact) mass is 462 g/mol. The van der Waals surface area contributed by atoms with Crippen molar-refractivity contribution in [3.63, 3.8) is 0 Å². The van der Waals surface area contributed by atoms with Crippen molar-refractivity contribution in [2.75, 3.05) is 36.4 Å². The lowest BCUT2D eigenvalue weighted by Gasteiger charge is -2.36. The lowest BCUT2D eigenvalue weighted by Crippen LogP contribution is -2.49. The topological polar surface area (TPSA) is 65.5 Å². The summed E-state index contributed by atoms with van der Waals surface area (Å²) in [6.07, 6.45) is 1.68. The van der Waals surface area contributed by atoms with Crippen molar-refractivity contribution in [3.05, 3.63) is 53.7 Å². The van der Waals surface area contributed by atoms with Crippen molar-refractivity contribution < 1.29 is 22.8 Å². The smallest absolute Gasteiger partial charge is 0.367 e. The molecule has 1 aliphatic rings. The zero-order chi connectivity index (χ0) is 23.8. The molecule has 1 N–H and O–H groups in total. The number of aromatic nitrogens is 1. The molecule has 178 valence electrons. The number of alkyl halides is 3. The summed E-state index contributed by atoms with van der Waals surface area (Å²) in [6, 6.07) is 8.45. The molecule has 0 aliphatic carbocycles. The van der Waals surface area contributed by atoms with Crippen molar-refractivity contribution >= 4 is 23.3 Å². The molecule has 1 aliphatic heterocycles. The van der Waals surface area contributed by atoms with Gasteiger partial charge in [0.25, 0.3) is 5.91 Å². The van der Waals surface area contributed by atoms with Gasteiger partial charge in [0.15, 0.2) is 0 Å². The van der Waals surface area contributed by atoms with Crippen LogP contribution in [0.1, 0.15) is 54.9 Å². The zero-order valence-corrected chi connectivity index (χ0v) is 18.7. The Balaban J connectivity index is 1.53. The van der Waals surface area contributed by atoms with Crippen LogP contribution < -0.4 is 10.2 Å². The fourth-order valence-electron chi connectivity index (χ4n) is 3.82. The van der Waals surface area contributed by atoms with Crippen molar-refractivity contribution in [2.45, 2.75) is 45.2 Å². The minimum Gasteiger partial charge on any atom is -0.367 e. The maximum Gasteiger partial charge on any atom is 0.417 e. The first-order valence-electron chi connectivity index (χ1n) is 11.3. The Morgan fingerprint density at radius 2 is 1.73 bits per heavy atom. The second-order valence-corrected chi connectivity index (χ2v) is 8.08. The Bertz CT molecular complexity index is 939. The van der Waals surface area contributed by atoms with Crippen LogP contribution in [0, 0.1) is 0 Å². The minimum absolute atomic E-state index is 0.0578. The van der Waals surface area contributed by atoms with E-state index in [0.717, 1.165) is 37.4 Å². The first-order valence-corrected chi connectivity index (χ1v) is 11.3. The van der Waals surface area contributed by atoms with Crippen LogP contribution >= 0.6 is 0 Å². The van der Waals surface area contributed by atoms with Gasteiger partial charge >= 0.3 is 6.18 Å². The van der Waals surface area contributed by atoms with Crippen molar-refractivity contribution in [1.29, 1.82) is 0 Å². The molecule has 0 spiro atoms. The second-order valence-electron chi connectivity index (χ2n) is 8.08. The summed E-state index contributed by atoms with van der Waals surface area (Å²) < 4.78 is 39.8. The number of carbonyl (C=O) groups excluding carboxylic acids is 2. The van der Waals surface area contributed by atoms with E-state index in [2.05, 4.69) is 17.2 Å². The summed E-state index contributed by atoms with van der Waals surface area (Å²) in [4.78, 5) is 32.5. The van der Waals surface area contributed by atoms with E-state index in [4.69, 9.17) is 0 Å². The Hall–Kier alpha value is -3.10. The van der Waals surface area contributed by atoms with Crippen molar-refractivity contribution in [1.82, 2.24) is 9.88 Å². The normalized spacial score (nSPS) is 14.3. The Labute approximate surface area is 191 Å². The number of unbranched alkanes of at least 4 members (excludes halogenated alkanes) is 3. The number of rotatable bonds is 8. The Morgan fingerprint density at radius 3 is 2.36 bits per heavy atom. The third kappa shape index (κ3) is 6.69. The van der Waals surface area contributed by atoms with Crippen LogP contribution in [0.25, 0.3) is 0 Å². The van der Waals surface area contributed by atoms with Gasteiger partial charge in [-0.1, -0.05) is 38.3 Å². The highest BCUT2D eigenvalue weighted by Gasteiger charge is 2.36. The molecule has 0 atom stereocenters. The average Bonchev–Trinajstić information content (AvgIpc) is 2.81. The predicted octanol–water partition coefficient (Wildman–Crippen LogP) is 4.97. The highest BCUT2D eigenvalue weighted by Crippen LogP contribution is 2.32. The number of carbonyl (C=O) groups is 2. The summed E-state index contributed by atoms with van der Waals surface area (Å²) in [5.74, 6) is -0.188. The van der Waals surface area contributed by atoms with Gasteiger partial charge in [-0.15, -0.1) is 0 Å². The molecule has 2 heterocycles. The third-order valence-electron chi connectivity index (χ3n) is 5.67. The number of piperazine rings is 1. The summed E-state index contributed by atoms with van der Waals surface area (Å²) in [5.41, 5.74) is -0.404. The van der Waals surface area contributed by atoms with Gasteiger partial charge in [-0.3, -0.25) is 9.59 Å². The van der Waals surface area contributed by atoms with Crippen LogP contribution in [0.3, 0.4) is 0 Å². The fraction of sp³-hybridized carbons (Fsp3) is 0.458. The Morgan fingerprint density at radius 1 is 1.00 bits per heavy atom. The molecule has 0 radical (unpaired) electrons. The molecule has 0 saturated carbocycles. The number of nitrogens with one attached hydrogen (secondary N) is 1. The highest BCUT2D eigenvalue weighted by molar-refractivity contribution is 5.96. The number of halogens is 3. The number of hydrogen-bond acceptors (Lipinski definition) is 4. The predicted molar refractivity (Wildman–Crippen MR) is 121 cm³/mol. The van der Waals surface area contributed by atoms with Gasteiger partial charge in [0.1, 0.15) is 5.82 Å². The molecule has 6 nitrogen and oxygen atoms in total. The molecule has 33 heavy (non-hydrogen) atoms. The second kappa shape index (κ2) is 11.2. The molecule has 1 aromatic heterocycles. The minimum atomic E-state index is -4.58. The molecule has 1 saturated heterocycles. The summed E-state index contributed by atoms with van der Waals surface area (Å²) in [7, 11) is 0. The van der Waals surface area contributed by atoms with Crippen LogP contribution in [0.15, 0.2) is 42.6 Å². The van der Waals surface area contributed by atoms with Crippen LogP contribution in [0.2, 0.25) is 0 Å². The fourth-order valence-corrected chi connectivity index (χ4v) is 3.82. The molecule has 3 rings (SSSR count). The maximum atomic E-state index is 13.3.